The molecule has 7 nitrogen and oxygen atoms in total. The molecule has 1 amide bonds. The van der Waals surface area contributed by atoms with E-state index in [0.29, 0.717) is 17.1 Å². The van der Waals surface area contributed by atoms with Gasteiger partial charge in [0.05, 0.1) is 11.4 Å². The second-order valence-corrected chi connectivity index (χ2v) is 7.51. The molecule has 0 atom stereocenters. The molecule has 0 aliphatic carbocycles. The summed E-state index contributed by atoms with van der Waals surface area (Å²) in [5.74, 6) is -0.179. The molecular formula is C23H19FN6OS. The number of nitrogens with one attached hydrogen (secondary N) is 3. The molecule has 1 aromatic heterocycles. The summed E-state index contributed by atoms with van der Waals surface area (Å²) >= 11 is 1.13. The van der Waals surface area contributed by atoms with Crippen LogP contribution in [0.4, 0.5) is 33.3 Å². The molecule has 0 aliphatic rings. The van der Waals surface area contributed by atoms with Crippen molar-refractivity contribution >= 4 is 46.6 Å². The number of carbonyl (C=O) groups is 1. The third-order valence-corrected chi connectivity index (χ3v) is 5.00. The standard InChI is InChI=1S/C23H19FN6OS/c24-18-13-7-8-14-19(18)27-20(31)15-32-23-29-21(25-16-9-3-1-4-10-16)28-22(30-23)26-17-11-5-2-6-12-17/h1-14H,15H2,(H,27,31)(H2,25,26,28,29,30). The molecule has 1 heterocycles. The fourth-order valence-corrected chi connectivity index (χ4v) is 3.35. The molecule has 32 heavy (non-hydrogen) atoms. The van der Waals surface area contributed by atoms with Crippen molar-refractivity contribution < 1.29 is 9.18 Å². The Bertz CT molecular complexity index is 1130. The molecule has 0 bridgehead atoms. The summed E-state index contributed by atoms with van der Waals surface area (Å²) in [6.07, 6.45) is 0. The fraction of sp³-hybridized carbons (Fsp3) is 0.0435. The Morgan fingerprint density at radius 3 is 1.84 bits per heavy atom. The lowest BCUT2D eigenvalue weighted by Crippen LogP contribution is -2.15. The van der Waals surface area contributed by atoms with Gasteiger partial charge in [-0.1, -0.05) is 60.3 Å². The van der Waals surface area contributed by atoms with E-state index in [-0.39, 0.29) is 17.3 Å². The van der Waals surface area contributed by atoms with Gasteiger partial charge in [0.1, 0.15) is 5.82 Å². The van der Waals surface area contributed by atoms with Crippen molar-refractivity contribution in [2.75, 3.05) is 21.7 Å². The Kier molecular flexibility index (Phi) is 6.88. The van der Waals surface area contributed by atoms with Crippen molar-refractivity contribution in [3.8, 4) is 0 Å². The number of halogens is 1. The van der Waals surface area contributed by atoms with Crippen LogP contribution in [0.5, 0.6) is 0 Å². The van der Waals surface area contributed by atoms with Crippen LogP contribution in [0.25, 0.3) is 0 Å². The average Bonchev–Trinajstić information content (AvgIpc) is 2.80. The first-order chi connectivity index (χ1) is 15.7. The summed E-state index contributed by atoms with van der Waals surface area (Å²) < 4.78 is 13.8. The van der Waals surface area contributed by atoms with Crippen LogP contribution in [-0.4, -0.2) is 26.6 Å². The van der Waals surface area contributed by atoms with Gasteiger partial charge in [-0.15, -0.1) is 0 Å². The SMILES string of the molecule is O=C(CSc1nc(Nc2ccccc2)nc(Nc2ccccc2)n1)Nc1ccccc1F. The van der Waals surface area contributed by atoms with Crippen LogP contribution in [-0.2, 0) is 4.79 Å². The van der Waals surface area contributed by atoms with Crippen LogP contribution in [0, 0.1) is 5.82 Å². The molecular weight excluding hydrogens is 427 g/mol. The van der Waals surface area contributed by atoms with Crippen molar-refractivity contribution in [3.63, 3.8) is 0 Å². The third kappa shape index (κ3) is 6.02. The van der Waals surface area contributed by atoms with Gasteiger partial charge in [0.25, 0.3) is 0 Å². The van der Waals surface area contributed by atoms with Gasteiger partial charge >= 0.3 is 0 Å². The van der Waals surface area contributed by atoms with Gasteiger partial charge in [-0.05, 0) is 36.4 Å². The zero-order valence-electron chi connectivity index (χ0n) is 16.8. The molecule has 9 heteroatoms. The van der Waals surface area contributed by atoms with Gasteiger partial charge in [0.15, 0.2) is 5.16 Å². The maximum absolute atomic E-state index is 13.8. The first-order valence-electron chi connectivity index (χ1n) is 9.73. The third-order valence-electron chi connectivity index (χ3n) is 4.16. The second-order valence-electron chi connectivity index (χ2n) is 6.56. The monoisotopic (exact) mass is 446 g/mol. The molecule has 160 valence electrons. The lowest BCUT2D eigenvalue weighted by atomic mass is 10.3. The maximum atomic E-state index is 13.8. The number of nitrogens with zero attached hydrogens (tertiary/aromatic N) is 3. The van der Waals surface area contributed by atoms with E-state index in [0.717, 1.165) is 23.1 Å². The predicted octanol–water partition coefficient (Wildman–Crippen LogP) is 5.23. The molecule has 0 saturated carbocycles. The van der Waals surface area contributed by atoms with Crippen molar-refractivity contribution in [2.45, 2.75) is 5.16 Å². The number of hydrogen-bond donors (Lipinski definition) is 3. The van der Waals surface area contributed by atoms with Crippen LogP contribution in [0.3, 0.4) is 0 Å². The lowest BCUT2D eigenvalue weighted by Gasteiger charge is -2.10. The number of para-hydroxylation sites is 3. The zero-order valence-corrected chi connectivity index (χ0v) is 17.6. The number of rotatable bonds is 8. The van der Waals surface area contributed by atoms with Gasteiger partial charge < -0.3 is 16.0 Å². The Hall–Kier alpha value is -3.98. The van der Waals surface area contributed by atoms with Crippen molar-refractivity contribution in [3.05, 3.63) is 90.7 Å². The topological polar surface area (TPSA) is 91.8 Å². The van der Waals surface area contributed by atoms with Crippen LogP contribution < -0.4 is 16.0 Å². The van der Waals surface area contributed by atoms with Crippen LogP contribution >= 0.6 is 11.8 Å². The van der Waals surface area contributed by atoms with E-state index in [4.69, 9.17) is 0 Å². The average molecular weight is 447 g/mol. The molecule has 0 fully saturated rings. The van der Waals surface area contributed by atoms with E-state index in [1.165, 1.54) is 12.1 Å². The molecule has 0 saturated heterocycles. The number of thioether (sulfide) groups is 1. The van der Waals surface area contributed by atoms with Gasteiger partial charge in [0, 0.05) is 11.4 Å². The molecule has 3 N–H and O–H groups in total. The van der Waals surface area contributed by atoms with E-state index in [1.54, 1.807) is 12.1 Å². The van der Waals surface area contributed by atoms with Gasteiger partial charge in [-0.3, -0.25) is 4.79 Å². The Labute approximate surface area is 188 Å². The molecule has 0 spiro atoms. The van der Waals surface area contributed by atoms with E-state index < -0.39 is 5.82 Å². The van der Waals surface area contributed by atoms with Crippen LogP contribution in [0.15, 0.2) is 90.1 Å². The number of amides is 1. The lowest BCUT2D eigenvalue weighted by molar-refractivity contribution is -0.113. The minimum Gasteiger partial charge on any atom is -0.324 e. The molecule has 3 aromatic carbocycles. The summed E-state index contributed by atoms with van der Waals surface area (Å²) in [6, 6.07) is 25.0. The normalized spacial score (nSPS) is 10.4. The Balaban J connectivity index is 1.50. The van der Waals surface area contributed by atoms with Crippen molar-refractivity contribution in [1.29, 1.82) is 0 Å². The predicted molar refractivity (Wildman–Crippen MR) is 125 cm³/mol. The smallest absolute Gasteiger partial charge is 0.234 e. The largest absolute Gasteiger partial charge is 0.324 e. The molecule has 0 unspecified atom stereocenters. The highest BCUT2D eigenvalue weighted by molar-refractivity contribution is 7.99. The Morgan fingerprint density at radius 1 is 0.750 bits per heavy atom. The first kappa shape index (κ1) is 21.3. The van der Waals surface area contributed by atoms with Crippen molar-refractivity contribution in [2.24, 2.45) is 0 Å². The van der Waals surface area contributed by atoms with Gasteiger partial charge in [-0.2, -0.15) is 15.0 Å². The quantitative estimate of drug-likeness (QED) is 0.319. The number of benzene rings is 3. The highest BCUT2D eigenvalue weighted by atomic mass is 32.2. The van der Waals surface area contributed by atoms with Crippen LogP contribution in [0.1, 0.15) is 0 Å². The summed E-state index contributed by atoms with van der Waals surface area (Å²) in [7, 11) is 0. The van der Waals surface area contributed by atoms with Gasteiger partial charge in [0.2, 0.25) is 17.8 Å². The van der Waals surface area contributed by atoms with Crippen LogP contribution in [0.2, 0.25) is 0 Å². The van der Waals surface area contributed by atoms with E-state index in [2.05, 4.69) is 30.9 Å². The number of aromatic nitrogens is 3. The minimum atomic E-state index is -0.491. The van der Waals surface area contributed by atoms with E-state index in [9.17, 15) is 9.18 Å². The van der Waals surface area contributed by atoms with Gasteiger partial charge in [-0.25, -0.2) is 4.39 Å². The molecule has 0 radical (unpaired) electrons. The molecule has 4 rings (SSSR count). The summed E-state index contributed by atoms with van der Waals surface area (Å²) in [4.78, 5) is 25.5. The number of hydrogen-bond acceptors (Lipinski definition) is 7. The first-order valence-corrected chi connectivity index (χ1v) is 10.7. The molecule has 0 aliphatic heterocycles. The van der Waals surface area contributed by atoms with E-state index >= 15 is 0 Å². The zero-order chi connectivity index (χ0) is 22.2. The molecule has 4 aromatic rings. The highest BCUT2D eigenvalue weighted by Crippen LogP contribution is 2.22. The maximum Gasteiger partial charge on any atom is 0.234 e. The summed E-state index contributed by atoms with van der Waals surface area (Å²) in [5, 5.41) is 9.18. The van der Waals surface area contributed by atoms with E-state index in [1.807, 2.05) is 60.7 Å². The fourth-order valence-electron chi connectivity index (χ4n) is 2.71. The Morgan fingerprint density at radius 2 is 1.28 bits per heavy atom. The summed E-state index contributed by atoms with van der Waals surface area (Å²) in [6.45, 7) is 0. The second kappa shape index (κ2) is 10.4. The number of carbonyl (C=O) groups excluding carboxylic acids is 1. The number of anilines is 5. The van der Waals surface area contributed by atoms with Crippen molar-refractivity contribution in [1.82, 2.24) is 15.0 Å². The highest BCUT2D eigenvalue weighted by Gasteiger charge is 2.12. The minimum absolute atomic E-state index is 0.00784. The summed E-state index contributed by atoms with van der Waals surface area (Å²) in [5.41, 5.74) is 1.77.